The molecule has 200 valence electrons. The summed E-state index contributed by atoms with van der Waals surface area (Å²) in [4.78, 5) is 25.9. The van der Waals surface area contributed by atoms with Gasteiger partial charge >= 0.3 is 0 Å². The van der Waals surface area contributed by atoms with Crippen molar-refractivity contribution in [3.63, 3.8) is 0 Å². The molecule has 1 unspecified atom stereocenters. The highest BCUT2D eigenvalue weighted by molar-refractivity contribution is 5.73. The normalized spacial score (nSPS) is 14.7. The minimum Gasteiger partial charge on any atom is -0.431 e. The summed E-state index contributed by atoms with van der Waals surface area (Å²) in [7, 11) is 1.56. The molecular formula is C28H36F2N4O3. The van der Waals surface area contributed by atoms with E-state index < -0.39 is 11.6 Å². The Bertz CT molecular complexity index is 1050. The maximum Gasteiger partial charge on any atom is 0.287 e. The van der Waals surface area contributed by atoms with E-state index in [2.05, 4.69) is 10.3 Å². The number of nitrogens with two attached hydrogens (primary N) is 1. The quantitative estimate of drug-likeness (QED) is 0.200. The van der Waals surface area contributed by atoms with E-state index in [4.69, 9.17) is 15.3 Å². The van der Waals surface area contributed by atoms with Gasteiger partial charge in [-0.1, -0.05) is 44.2 Å². The molecule has 0 saturated carbocycles. The molecule has 1 amide bonds. The average molecular weight is 515 g/mol. The third-order valence-corrected chi connectivity index (χ3v) is 5.82. The summed E-state index contributed by atoms with van der Waals surface area (Å²) in [6.07, 6.45) is 5.49. The Morgan fingerprint density at radius 2 is 1.84 bits per heavy atom. The van der Waals surface area contributed by atoms with Crippen LogP contribution in [0, 0.1) is 11.6 Å². The summed E-state index contributed by atoms with van der Waals surface area (Å²) in [5.74, 6) is -0.803. The van der Waals surface area contributed by atoms with Crippen LogP contribution in [-0.2, 0) is 20.7 Å². The van der Waals surface area contributed by atoms with Crippen LogP contribution in [0.2, 0.25) is 0 Å². The van der Waals surface area contributed by atoms with Gasteiger partial charge in [0.15, 0.2) is 0 Å². The molecule has 3 N–H and O–H groups in total. The average Bonchev–Trinajstić information content (AvgIpc) is 2.85. The number of nitrogens with one attached hydrogen (secondary N) is 1. The first-order valence-electron chi connectivity index (χ1n) is 12.3. The summed E-state index contributed by atoms with van der Waals surface area (Å²) >= 11 is 0. The maximum atomic E-state index is 14.6. The second-order valence-corrected chi connectivity index (χ2v) is 8.74. The van der Waals surface area contributed by atoms with Crippen LogP contribution in [0.5, 0.6) is 0 Å². The predicted octanol–water partition coefficient (Wildman–Crippen LogP) is 4.47. The van der Waals surface area contributed by atoms with Gasteiger partial charge in [0.05, 0.1) is 6.04 Å². The first kappa shape index (κ1) is 29.5. The third kappa shape index (κ3) is 9.33. The highest BCUT2D eigenvalue weighted by Gasteiger charge is 2.29. The molecule has 0 spiro atoms. The van der Waals surface area contributed by atoms with Crippen molar-refractivity contribution >= 4 is 24.4 Å². The summed E-state index contributed by atoms with van der Waals surface area (Å²) in [5.41, 5.74) is 7.64. The highest BCUT2D eigenvalue weighted by Crippen LogP contribution is 2.32. The topological polar surface area (TPSA) is 97.0 Å². The number of amidine groups is 1. The molecule has 0 aromatic heterocycles. The van der Waals surface area contributed by atoms with Gasteiger partial charge in [0.1, 0.15) is 23.7 Å². The molecule has 3 rings (SSSR count). The molecule has 2 aromatic carbocycles. The van der Waals surface area contributed by atoms with Crippen molar-refractivity contribution in [2.75, 3.05) is 25.0 Å². The number of carbonyl (C=O) groups excluding carboxylic acids is 2. The van der Waals surface area contributed by atoms with E-state index in [1.54, 1.807) is 14.0 Å². The number of carbonyl (C=O) groups is 2. The number of halogens is 2. The monoisotopic (exact) mass is 514 g/mol. The van der Waals surface area contributed by atoms with Crippen LogP contribution in [0.3, 0.4) is 0 Å². The van der Waals surface area contributed by atoms with E-state index in [9.17, 15) is 13.6 Å². The zero-order valence-electron chi connectivity index (χ0n) is 21.6. The summed E-state index contributed by atoms with van der Waals surface area (Å²) in [5, 5.41) is 2.25. The second-order valence-electron chi connectivity index (χ2n) is 8.74. The van der Waals surface area contributed by atoms with Crippen molar-refractivity contribution in [2.24, 2.45) is 10.7 Å². The van der Waals surface area contributed by atoms with Gasteiger partial charge in [0.2, 0.25) is 6.41 Å². The van der Waals surface area contributed by atoms with Crippen molar-refractivity contribution in [3.8, 4) is 0 Å². The van der Waals surface area contributed by atoms with Gasteiger partial charge in [-0.25, -0.2) is 13.8 Å². The molecule has 1 fully saturated rings. The van der Waals surface area contributed by atoms with Crippen molar-refractivity contribution in [2.45, 2.75) is 51.5 Å². The maximum absolute atomic E-state index is 14.6. The first-order valence-corrected chi connectivity index (χ1v) is 12.3. The van der Waals surface area contributed by atoms with Crippen molar-refractivity contribution in [1.82, 2.24) is 5.32 Å². The minimum absolute atomic E-state index is 0.0296. The van der Waals surface area contributed by atoms with E-state index in [0.29, 0.717) is 38.0 Å². The van der Waals surface area contributed by atoms with Crippen LogP contribution in [0.1, 0.15) is 50.2 Å². The molecular weight excluding hydrogens is 478 g/mol. The van der Waals surface area contributed by atoms with Crippen molar-refractivity contribution in [3.05, 3.63) is 77.1 Å². The van der Waals surface area contributed by atoms with Gasteiger partial charge in [-0.3, -0.25) is 4.79 Å². The lowest BCUT2D eigenvalue weighted by molar-refractivity contribution is -0.109. The van der Waals surface area contributed by atoms with Crippen LogP contribution >= 0.6 is 0 Å². The van der Waals surface area contributed by atoms with Crippen LogP contribution in [0.25, 0.3) is 0 Å². The summed E-state index contributed by atoms with van der Waals surface area (Å²) < 4.78 is 34.9. The number of hydrogen-bond acceptors (Lipinski definition) is 5. The lowest BCUT2D eigenvalue weighted by Gasteiger charge is -2.39. The lowest BCUT2D eigenvalue weighted by atomic mass is 9.94. The molecule has 0 aliphatic carbocycles. The number of anilines is 1. The molecule has 1 heterocycles. The number of benzene rings is 2. The van der Waals surface area contributed by atoms with Gasteiger partial charge < -0.3 is 25.5 Å². The standard InChI is InChI=1S/C26H31F2N3O2.C2H5NO/c1-3-8-22(13-19-10-5-4-6-11-19)33-26(29)30-20-16-31(17-20)21-14-23(27)25(24(28)15-21)18(2)9-7-12-32;1-3-2-4/h4-6,8,10-12,14-15,18,20H,3,7,9,13,16-17H2,1-2H3,(H2,29,30);2H,1H3,(H,3,4)/b22-8+;. The van der Waals surface area contributed by atoms with Gasteiger partial charge in [0.25, 0.3) is 6.02 Å². The summed E-state index contributed by atoms with van der Waals surface area (Å²) in [6, 6.07) is 12.6. The molecule has 9 heteroatoms. The number of rotatable bonds is 11. The Balaban J connectivity index is 0.00000112. The summed E-state index contributed by atoms with van der Waals surface area (Å²) in [6.45, 7) is 4.74. The van der Waals surface area contributed by atoms with Crippen LogP contribution in [0.15, 0.2) is 59.3 Å². The van der Waals surface area contributed by atoms with Crippen molar-refractivity contribution in [1.29, 1.82) is 0 Å². The third-order valence-electron chi connectivity index (χ3n) is 5.82. The Labute approximate surface area is 217 Å². The molecule has 1 atom stereocenters. The van der Waals surface area contributed by atoms with Crippen LogP contribution in [0.4, 0.5) is 14.5 Å². The molecule has 1 saturated heterocycles. The van der Waals surface area contributed by atoms with Gasteiger partial charge in [0, 0.05) is 44.2 Å². The number of nitrogens with zero attached hydrogens (tertiary/aromatic N) is 2. The van der Waals surface area contributed by atoms with E-state index >= 15 is 0 Å². The fourth-order valence-electron chi connectivity index (χ4n) is 3.95. The second kappa shape index (κ2) is 15.4. The fourth-order valence-corrected chi connectivity index (χ4v) is 3.95. The molecule has 0 bridgehead atoms. The molecule has 7 nitrogen and oxygen atoms in total. The predicted molar refractivity (Wildman–Crippen MR) is 142 cm³/mol. The molecule has 1 aliphatic rings. The van der Waals surface area contributed by atoms with Crippen molar-refractivity contribution < 1.29 is 23.1 Å². The first-order chi connectivity index (χ1) is 17.8. The van der Waals surface area contributed by atoms with Gasteiger partial charge in [-0.2, -0.15) is 0 Å². The Morgan fingerprint density at radius 3 is 2.38 bits per heavy atom. The van der Waals surface area contributed by atoms with E-state index in [0.717, 1.165) is 24.0 Å². The van der Waals surface area contributed by atoms with E-state index in [1.165, 1.54) is 12.1 Å². The number of allylic oxidation sites excluding steroid dienone is 2. The Kier molecular flexibility index (Phi) is 12.3. The SMILES string of the molecule is CC/C=C(\Cc1ccccc1)OC(N)=NC1CN(c2cc(F)c(C(C)CCC=O)c(F)c2)C1.CNC=O. The van der Waals surface area contributed by atoms with Crippen LogP contribution < -0.4 is 16.0 Å². The number of amides is 1. The van der Waals surface area contributed by atoms with Gasteiger partial charge in [-0.05, 0) is 42.5 Å². The zero-order chi connectivity index (χ0) is 27.2. The Morgan fingerprint density at radius 1 is 1.22 bits per heavy atom. The lowest BCUT2D eigenvalue weighted by Crippen LogP contribution is -2.50. The van der Waals surface area contributed by atoms with E-state index in [-0.39, 0.29) is 30.0 Å². The highest BCUT2D eigenvalue weighted by atomic mass is 19.1. The number of ether oxygens (including phenoxy) is 1. The largest absolute Gasteiger partial charge is 0.431 e. The molecule has 0 radical (unpaired) electrons. The molecule has 37 heavy (non-hydrogen) atoms. The van der Waals surface area contributed by atoms with Gasteiger partial charge in [-0.15, -0.1) is 0 Å². The van der Waals surface area contributed by atoms with E-state index in [1.807, 2.05) is 48.2 Å². The Hall–Kier alpha value is -3.75. The molecule has 2 aromatic rings. The number of aliphatic imine (C=N–C) groups is 1. The minimum atomic E-state index is -0.589. The fraction of sp³-hybridized carbons (Fsp3) is 0.393. The number of aldehydes is 1. The van der Waals surface area contributed by atoms with Crippen LogP contribution in [-0.4, -0.2) is 44.9 Å². The zero-order valence-corrected chi connectivity index (χ0v) is 21.6. The smallest absolute Gasteiger partial charge is 0.287 e. The molecule has 1 aliphatic heterocycles. The number of hydrogen-bond donors (Lipinski definition) is 2.